The van der Waals surface area contributed by atoms with E-state index in [1.54, 1.807) is 0 Å². The maximum Gasteiger partial charge on any atom is 0.0473 e. The molecule has 0 bridgehead atoms. The summed E-state index contributed by atoms with van der Waals surface area (Å²) in [6, 6.07) is 38.5. The molecule has 4 N–H and O–H groups in total. The maximum absolute atomic E-state index is 6.93. The molecule has 0 aliphatic carbocycles. The molecule has 0 aromatic heterocycles. The van der Waals surface area contributed by atoms with Crippen LogP contribution in [0.2, 0.25) is 0 Å². The lowest BCUT2D eigenvalue weighted by atomic mass is 9.81. The summed E-state index contributed by atoms with van der Waals surface area (Å²) in [7, 11) is 0. The highest BCUT2D eigenvalue weighted by Gasteiger charge is 2.22. The number of anilines is 2. The van der Waals surface area contributed by atoms with E-state index in [0.29, 0.717) is 0 Å². The van der Waals surface area contributed by atoms with Crippen molar-refractivity contribution in [2.24, 2.45) is 0 Å². The van der Waals surface area contributed by atoms with Crippen LogP contribution in [0.3, 0.4) is 0 Å². The molecule has 0 amide bonds. The molecule has 0 aliphatic heterocycles. The molecule has 5 rings (SSSR count). The number of benzene rings is 5. The molecule has 0 saturated carbocycles. The molecule has 0 unspecified atom stereocenters. The molecule has 0 fully saturated rings. The Morgan fingerprint density at radius 3 is 1.00 bits per heavy atom. The monoisotopic (exact) mass is 524 g/mol. The van der Waals surface area contributed by atoms with Gasteiger partial charge in [-0.3, -0.25) is 0 Å². The van der Waals surface area contributed by atoms with Crippen LogP contribution in [0, 0.1) is 0 Å². The van der Waals surface area contributed by atoms with Gasteiger partial charge in [-0.05, 0) is 74.5 Å². The predicted octanol–water partition coefficient (Wildman–Crippen LogP) is 10.1. The quantitative estimate of drug-likeness (QED) is 0.230. The number of nitrogens with two attached hydrogens (primary N) is 2. The Morgan fingerprint density at radius 2 is 0.675 bits per heavy atom. The molecular weight excluding hydrogens is 484 g/mol. The maximum atomic E-state index is 6.93. The SMILES string of the molecule is CC(C)(C)c1cc(-c2ccccc2)c(N)c(-c2cccc(-c3cc(C(C)(C)C)cc(-c4ccccc4)c3N)c2)c1. The second-order valence-electron chi connectivity index (χ2n) is 12.8. The van der Waals surface area contributed by atoms with Crippen molar-refractivity contribution in [1.82, 2.24) is 0 Å². The van der Waals surface area contributed by atoms with Crippen molar-refractivity contribution in [3.63, 3.8) is 0 Å². The minimum Gasteiger partial charge on any atom is -0.398 e. The Morgan fingerprint density at radius 1 is 0.375 bits per heavy atom. The highest BCUT2D eigenvalue weighted by molar-refractivity contribution is 5.94. The lowest BCUT2D eigenvalue weighted by molar-refractivity contribution is 0.590. The van der Waals surface area contributed by atoms with Gasteiger partial charge >= 0.3 is 0 Å². The minimum atomic E-state index is -0.0281. The summed E-state index contributed by atoms with van der Waals surface area (Å²) >= 11 is 0. The van der Waals surface area contributed by atoms with Crippen molar-refractivity contribution in [2.75, 3.05) is 11.5 Å². The van der Waals surface area contributed by atoms with E-state index in [0.717, 1.165) is 55.9 Å². The van der Waals surface area contributed by atoms with Crippen LogP contribution in [0.1, 0.15) is 52.7 Å². The van der Waals surface area contributed by atoms with Gasteiger partial charge in [0.2, 0.25) is 0 Å². The van der Waals surface area contributed by atoms with Crippen molar-refractivity contribution >= 4 is 11.4 Å². The first-order valence-electron chi connectivity index (χ1n) is 14.0. The number of rotatable bonds is 4. The van der Waals surface area contributed by atoms with Crippen LogP contribution in [0.4, 0.5) is 11.4 Å². The first kappa shape index (κ1) is 27.3. The van der Waals surface area contributed by atoms with Gasteiger partial charge < -0.3 is 11.5 Å². The fourth-order valence-electron chi connectivity index (χ4n) is 5.22. The van der Waals surface area contributed by atoms with Crippen molar-refractivity contribution in [3.8, 4) is 44.5 Å². The van der Waals surface area contributed by atoms with Crippen LogP contribution in [0.25, 0.3) is 44.5 Å². The molecule has 0 atom stereocenters. The molecule has 0 heterocycles. The molecule has 40 heavy (non-hydrogen) atoms. The molecular formula is C38H40N2. The molecule has 0 radical (unpaired) electrons. The lowest BCUT2D eigenvalue weighted by Gasteiger charge is -2.24. The van der Waals surface area contributed by atoms with E-state index in [2.05, 4.69) is 139 Å². The zero-order valence-corrected chi connectivity index (χ0v) is 24.5. The zero-order valence-electron chi connectivity index (χ0n) is 24.5. The number of nitrogen functional groups attached to an aromatic ring is 2. The van der Waals surface area contributed by atoms with Crippen molar-refractivity contribution < 1.29 is 0 Å². The van der Waals surface area contributed by atoms with Gasteiger partial charge in [0.15, 0.2) is 0 Å². The van der Waals surface area contributed by atoms with Gasteiger partial charge in [-0.2, -0.15) is 0 Å². The van der Waals surface area contributed by atoms with Gasteiger partial charge in [0.1, 0.15) is 0 Å². The van der Waals surface area contributed by atoms with Gasteiger partial charge in [0.05, 0.1) is 0 Å². The van der Waals surface area contributed by atoms with E-state index < -0.39 is 0 Å². The summed E-state index contributed by atoms with van der Waals surface area (Å²) in [6.45, 7) is 13.5. The molecule has 0 spiro atoms. The van der Waals surface area contributed by atoms with Crippen molar-refractivity contribution in [1.29, 1.82) is 0 Å². The third-order valence-corrected chi connectivity index (χ3v) is 7.75. The smallest absolute Gasteiger partial charge is 0.0473 e. The molecule has 5 aromatic rings. The van der Waals surface area contributed by atoms with Crippen LogP contribution in [-0.4, -0.2) is 0 Å². The Labute approximate surface area is 239 Å². The highest BCUT2D eigenvalue weighted by atomic mass is 14.6. The van der Waals surface area contributed by atoms with Crippen molar-refractivity contribution in [3.05, 3.63) is 120 Å². The Bertz CT molecular complexity index is 1530. The third-order valence-electron chi connectivity index (χ3n) is 7.75. The summed E-state index contributed by atoms with van der Waals surface area (Å²) in [5.41, 5.74) is 26.5. The molecule has 2 heteroatoms. The Kier molecular flexibility index (Phi) is 7.06. The second kappa shape index (κ2) is 10.4. The first-order chi connectivity index (χ1) is 18.9. The minimum absolute atomic E-state index is 0.0281. The van der Waals surface area contributed by atoms with Gasteiger partial charge in [-0.25, -0.2) is 0 Å². The summed E-state index contributed by atoms with van der Waals surface area (Å²) in [4.78, 5) is 0. The van der Waals surface area contributed by atoms with E-state index in [1.807, 2.05) is 12.1 Å². The lowest BCUT2D eigenvalue weighted by Crippen LogP contribution is -2.12. The summed E-state index contributed by atoms with van der Waals surface area (Å²) in [5, 5.41) is 0. The summed E-state index contributed by atoms with van der Waals surface area (Å²) in [6.07, 6.45) is 0. The van der Waals surface area contributed by atoms with Crippen LogP contribution in [-0.2, 0) is 10.8 Å². The fraction of sp³-hybridized carbons (Fsp3) is 0.211. The number of hydrogen-bond donors (Lipinski definition) is 2. The Hall–Kier alpha value is -4.30. The van der Waals surface area contributed by atoms with Gasteiger partial charge in [-0.1, -0.05) is 120 Å². The normalized spacial score (nSPS) is 11.9. The van der Waals surface area contributed by atoms with Gasteiger partial charge in [0.25, 0.3) is 0 Å². The molecule has 5 aromatic carbocycles. The summed E-state index contributed by atoms with van der Waals surface area (Å²) < 4.78 is 0. The molecule has 202 valence electrons. The molecule has 0 aliphatic rings. The van der Waals surface area contributed by atoms with Crippen LogP contribution in [0.15, 0.2) is 109 Å². The summed E-state index contributed by atoms with van der Waals surface area (Å²) in [5.74, 6) is 0. The van der Waals surface area contributed by atoms with Crippen LogP contribution >= 0.6 is 0 Å². The first-order valence-corrected chi connectivity index (χ1v) is 14.0. The zero-order chi connectivity index (χ0) is 28.7. The molecule has 0 saturated heterocycles. The number of hydrogen-bond acceptors (Lipinski definition) is 2. The van der Waals surface area contributed by atoms with Crippen LogP contribution in [0.5, 0.6) is 0 Å². The van der Waals surface area contributed by atoms with Crippen LogP contribution < -0.4 is 11.5 Å². The molecule has 2 nitrogen and oxygen atoms in total. The van der Waals surface area contributed by atoms with E-state index >= 15 is 0 Å². The van der Waals surface area contributed by atoms with Gasteiger partial charge in [0, 0.05) is 33.6 Å². The third kappa shape index (κ3) is 5.40. The topological polar surface area (TPSA) is 52.0 Å². The fourth-order valence-corrected chi connectivity index (χ4v) is 5.22. The van der Waals surface area contributed by atoms with E-state index in [9.17, 15) is 0 Å². The average molecular weight is 525 g/mol. The second-order valence-corrected chi connectivity index (χ2v) is 12.8. The standard InChI is InChI=1S/C38H40N2/c1-37(2,3)29-21-31(25-14-9-7-10-15-25)35(39)33(23-29)27-18-13-19-28(20-27)34-24-30(38(4,5)6)22-32(36(34)40)26-16-11-8-12-17-26/h7-24H,39-40H2,1-6H3. The Balaban J connectivity index is 1.72. The van der Waals surface area contributed by atoms with E-state index in [1.165, 1.54) is 11.1 Å². The van der Waals surface area contributed by atoms with E-state index in [4.69, 9.17) is 11.5 Å². The average Bonchev–Trinajstić information content (AvgIpc) is 2.93. The predicted molar refractivity (Wildman–Crippen MR) is 174 cm³/mol. The van der Waals surface area contributed by atoms with E-state index in [-0.39, 0.29) is 10.8 Å². The van der Waals surface area contributed by atoms with Gasteiger partial charge in [-0.15, -0.1) is 0 Å². The van der Waals surface area contributed by atoms with Crippen molar-refractivity contribution in [2.45, 2.75) is 52.4 Å². The highest BCUT2D eigenvalue weighted by Crippen LogP contribution is 2.43. The largest absolute Gasteiger partial charge is 0.398 e.